The number of halogens is 1. The summed E-state index contributed by atoms with van der Waals surface area (Å²) < 4.78 is 0.889. The third kappa shape index (κ3) is 3.03. The zero-order valence-corrected chi connectivity index (χ0v) is 17.4. The molecule has 1 unspecified atom stereocenters. The van der Waals surface area contributed by atoms with Crippen LogP contribution in [0.1, 0.15) is 21.6 Å². The second-order valence-electron chi connectivity index (χ2n) is 6.62. The van der Waals surface area contributed by atoms with E-state index in [1.54, 1.807) is 0 Å². The van der Waals surface area contributed by atoms with Gasteiger partial charge in [0.1, 0.15) is 0 Å². The van der Waals surface area contributed by atoms with Gasteiger partial charge in [-0.3, -0.25) is 0 Å². The Hall–Kier alpha value is -2.24. The van der Waals surface area contributed by atoms with Gasteiger partial charge in [-0.15, -0.1) is 11.3 Å². The van der Waals surface area contributed by atoms with Crippen molar-refractivity contribution in [2.24, 2.45) is 0 Å². The van der Waals surface area contributed by atoms with Gasteiger partial charge in [0.15, 0.2) is 11.2 Å². The van der Waals surface area contributed by atoms with Crippen LogP contribution in [0.3, 0.4) is 0 Å². The zero-order valence-electron chi connectivity index (χ0n) is 15.0. The summed E-state index contributed by atoms with van der Waals surface area (Å²) in [7, 11) is 0. The molecule has 1 aromatic heterocycles. The molecule has 3 aromatic carbocycles. The van der Waals surface area contributed by atoms with Gasteiger partial charge in [-0.05, 0) is 44.8 Å². The molecule has 2 nitrogen and oxygen atoms in total. The Morgan fingerprint density at radius 2 is 0.929 bits per heavy atom. The number of thiophene rings is 1. The van der Waals surface area contributed by atoms with E-state index in [1.165, 1.54) is 11.3 Å². The van der Waals surface area contributed by atoms with E-state index in [2.05, 4.69) is 15.9 Å². The maximum absolute atomic E-state index is 12.3. The summed E-state index contributed by atoms with van der Waals surface area (Å²) in [6, 6.07) is 31.8. The molecule has 0 bridgehead atoms. The first-order chi connectivity index (χ1) is 13.6. The molecule has 0 aliphatic rings. The number of hydrogen-bond acceptors (Lipinski definition) is 3. The molecule has 0 saturated carbocycles. The first kappa shape index (κ1) is 19.1. The molecular formula is C24H19BrO2S. The smallest absolute Gasteiger partial charge is 0.161 e. The van der Waals surface area contributed by atoms with Gasteiger partial charge in [-0.1, -0.05) is 91.0 Å². The van der Waals surface area contributed by atoms with Crippen molar-refractivity contribution < 1.29 is 10.2 Å². The van der Waals surface area contributed by atoms with E-state index in [0.717, 1.165) is 3.79 Å². The second kappa shape index (κ2) is 7.64. The lowest BCUT2D eigenvalue weighted by atomic mass is 9.69. The van der Waals surface area contributed by atoms with Crippen molar-refractivity contribution in [3.05, 3.63) is 128 Å². The Kier molecular flexibility index (Phi) is 5.21. The van der Waals surface area contributed by atoms with Gasteiger partial charge in [-0.25, -0.2) is 0 Å². The number of benzene rings is 3. The molecule has 1 heterocycles. The third-order valence-corrected chi connectivity index (χ3v) is 6.76. The van der Waals surface area contributed by atoms with Crippen LogP contribution in [-0.4, -0.2) is 10.2 Å². The first-order valence-electron chi connectivity index (χ1n) is 8.94. The normalized spacial score (nSPS) is 13.8. The highest BCUT2D eigenvalue weighted by atomic mass is 79.9. The van der Waals surface area contributed by atoms with Crippen LogP contribution in [0.25, 0.3) is 0 Å². The maximum Gasteiger partial charge on any atom is 0.161 e. The molecule has 2 N–H and O–H groups in total. The molecule has 0 fully saturated rings. The third-order valence-electron chi connectivity index (χ3n) is 5.03. The van der Waals surface area contributed by atoms with E-state index in [9.17, 15) is 10.2 Å². The summed E-state index contributed by atoms with van der Waals surface area (Å²) in [6.07, 6.45) is 0. The van der Waals surface area contributed by atoms with Crippen molar-refractivity contribution in [1.82, 2.24) is 0 Å². The van der Waals surface area contributed by atoms with E-state index in [4.69, 9.17) is 0 Å². The van der Waals surface area contributed by atoms with Crippen molar-refractivity contribution in [3.63, 3.8) is 0 Å². The molecule has 0 radical (unpaired) electrons. The summed E-state index contributed by atoms with van der Waals surface area (Å²) in [5.74, 6) is 0. The molecule has 0 spiro atoms. The first-order valence-corrected chi connectivity index (χ1v) is 10.5. The maximum atomic E-state index is 12.3. The fourth-order valence-corrected chi connectivity index (χ4v) is 5.21. The molecule has 0 aliphatic heterocycles. The molecule has 4 aromatic rings. The number of rotatable bonds is 5. The lowest BCUT2D eigenvalue weighted by Gasteiger charge is -2.44. The van der Waals surface area contributed by atoms with Crippen molar-refractivity contribution in [2.45, 2.75) is 11.2 Å². The van der Waals surface area contributed by atoms with Crippen LogP contribution < -0.4 is 0 Å². The van der Waals surface area contributed by atoms with Gasteiger partial charge in [0, 0.05) is 4.88 Å². The molecule has 0 aliphatic carbocycles. The van der Waals surface area contributed by atoms with Crippen LogP contribution in [-0.2, 0) is 11.2 Å². The SMILES string of the molecule is OC(c1ccccc1)(c1ccccc1)C(O)(c1ccccc1)c1ccc(Br)s1. The van der Waals surface area contributed by atoms with E-state index in [-0.39, 0.29) is 0 Å². The van der Waals surface area contributed by atoms with Crippen LogP contribution >= 0.6 is 27.3 Å². The van der Waals surface area contributed by atoms with E-state index in [1.807, 2.05) is 103 Å². The van der Waals surface area contributed by atoms with Gasteiger partial charge in [-0.2, -0.15) is 0 Å². The Morgan fingerprint density at radius 1 is 0.536 bits per heavy atom. The summed E-state index contributed by atoms with van der Waals surface area (Å²) in [6.45, 7) is 0. The predicted octanol–water partition coefficient (Wildman–Crippen LogP) is 5.68. The average molecular weight is 451 g/mol. The number of hydrogen-bond donors (Lipinski definition) is 2. The Morgan fingerprint density at radius 3 is 1.29 bits per heavy atom. The number of aliphatic hydroxyl groups is 2. The molecular weight excluding hydrogens is 432 g/mol. The van der Waals surface area contributed by atoms with Crippen molar-refractivity contribution >= 4 is 27.3 Å². The Balaban J connectivity index is 2.09. The van der Waals surface area contributed by atoms with Crippen LogP contribution in [0.5, 0.6) is 0 Å². The van der Waals surface area contributed by atoms with Crippen LogP contribution in [0.2, 0.25) is 0 Å². The molecule has 140 valence electrons. The molecule has 1 atom stereocenters. The van der Waals surface area contributed by atoms with Crippen molar-refractivity contribution in [2.75, 3.05) is 0 Å². The van der Waals surface area contributed by atoms with E-state index < -0.39 is 11.2 Å². The summed E-state index contributed by atoms with van der Waals surface area (Å²) in [5, 5.41) is 24.7. The zero-order chi connectivity index (χ0) is 19.6. The summed E-state index contributed by atoms with van der Waals surface area (Å²) >= 11 is 4.91. The average Bonchev–Trinajstić information content (AvgIpc) is 3.21. The predicted molar refractivity (Wildman–Crippen MR) is 117 cm³/mol. The van der Waals surface area contributed by atoms with Crippen molar-refractivity contribution in [1.29, 1.82) is 0 Å². The molecule has 0 amide bonds. The molecule has 4 heteroatoms. The fraction of sp³-hybridized carbons (Fsp3) is 0.0833. The quantitative estimate of drug-likeness (QED) is 0.410. The Bertz CT molecular complexity index is 1010. The topological polar surface area (TPSA) is 40.5 Å². The van der Waals surface area contributed by atoms with Crippen LogP contribution in [0.4, 0.5) is 0 Å². The minimum atomic E-state index is -1.69. The molecule has 4 rings (SSSR count). The van der Waals surface area contributed by atoms with Gasteiger partial charge in [0.2, 0.25) is 0 Å². The highest BCUT2D eigenvalue weighted by molar-refractivity contribution is 9.11. The van der Waals surface area contributed by atoms with Gasteiger partial charge >= 0.3 is 0 Å². The summed E-state index contributed by atoms with van der Waals surface area (Å²) in [5.41, 5.74) is -1.51. The van der Waals surface area contributed by atoms with Gasteiger partial charge in [0.25, 0.3) is 0 Å². The molecule has 0 saturated heterocycles. The monoisotopic (exact) mass is 450 g/mol. The lowest BCUT2D eigenvalue weighted by Crippen LogP contribution is -2.50. The van der Waals surface area contributed by atoms with Crippen LogP contribution in [0, 0.1) is 0 Å². The molecule has 28 heavy (non-hydrogen) atoms. The fourth-order valence-electron chi connectivity index (χ4n) is 3.66. The van der Waals surface area contributed by atoms with Gasteiger partial charge < -0.3 is 10.2 Å². The minimum absolute atomic E-state index is 0.622. The van der Waals surface area contributed by atoms with E-state index in [0.29, 0.717) is 21.6 Å². The highest BCUT2D eigenvalue weighted by Crippen LogP contribution is 2.51. The standard InChI is InChI=1S/C24H19BrO2S/c25-22-17-16-21(28-22)24(27,20-14-8-3-9-15-20)23(26,18-10-4-1-5-11-18)19-12-6-2-7-13-19/h1-17,26-27H. The lowest BCUT2D eigenvalue weighted by molar-refractivity contribution is -0.110. The van der Waals surface area contributed by atoms with Gasteiger partial charge in [0.05, 0.1) is 3.79 Å². The largest absolute Gasteiger partial charge is 0.377 e. The highest BCUT2D eigenvalue weighted by Gasteiger charge is 2.54. The summed E-state index contributed by atoms with van der Waals surface area (Å²) in [4.78, 5) is 0.654. The Labute approximate surface area is 176 Å². The van der Waals surface area contributed by atoms with Crippen molar-refractivity contribution in [3.8, 4) is 0 Å². The second-order valence-corrected chi connectivity index (χ2v) is 9.09. The van der Waals surface area contributed by atoms with E-state index >= 15 is 0 Å². The van der Waals surface area contributed by atoms with Crippen LogP contribution in [0.15, 0.2) is 107 Å². The minimum Gasteiger partial charge on any atom is -0.377 e.